The number of amides is 1. The Morgan fingerprint density at radius 1 is 1.14 bits per heavy atom. The van der Waals surface area contributed by atoms with Gasteiger partial charge in [0, 0.05) is 17.3 Å². The van der Waals surface area contributed by atoms with Crippen LogP contribution in [-0.4, -0.2) is 10.9 Å². The Morgan fingerprint density at radius 3 is 2.76 bits per heavy atom. The molecule has 5 heteroatoms. The summed E-state index contributed by atoms with van der Waals surface area (Å²) >= 11 is 0. The van der Waals surface area contributed by atoms with Crippen LogP contribution in [0, 0.1) is 5.82 Å². The van der Waals surface area contributed by atoms with E-state index in [2.05, 4.69) is 10.3 Å². The molecule has 21 heavy (non-hydrogen) atoms. The Balaban J connectivity index is 1.97. The fraction of sp³-hybridized carbons (Fsp3) is 0. The molecule has 0 aliphatic heterocycles. The first-order valence-corrected chi connectivity index (χ1v) is 6.35. The molecule has 0 saturated heterocycles. The van der Waals surface area contributed by atoms with Crippen molar-refractivity contribution in [1.29, 1.82) is 0 Å². The van der Waals surface area contributed by atoms with E-state index in [0.717, 1.165) is 11.5 Å². The number of fused-ring (bicyclic) bond motifs is 1. The molecule has 1 amide bonds. The zero-order valence-corrected chi connectivity index (χ0v) is 11.0. The van der Waals surface area contributed by atoms with Gasteiger partial charge in [-0.2, -0.15) is 0 Å². The van der Waals surface area contributed by atoms with Gasteiger partial charge in [-0.05, 0) is 30.3 Å². The van der Waals surface area contributed by atoms with E-state index in [0.29, 0.717) is 16.8 Å². The third-order valence-electron chi connectivity index (χ3n) is 3.12. The maximum Gasteiger partial charge on any atom is 0.257 e. The predicted molar refractivity (Wildman–Crippen MR) is 80.5 cm³/mol. The lowest BCUT2D eigenvalue weighted by molar-refractivity contribution is 0.102. The van der Waals surface area contributed by atoms with Crippen molar-refractivity contribution in [1.82, 2.24) is 4.98 Å². The summed E-state index contributed by atoms with van der Waals surface area (Å²) in [7, 11) is 0. The first kappa shape index (κ1) is 13.1. The van der Waals surface area contributed by atoms with Gasteiger partial charge < -0.3 is 11.1 Å². The molecule has 4 nitrogen and oxygen atoms in total. The molecule has 0 aliphatic carbocycles. The quantitative estimate of drug-likeness (QED) is 0.709. The molecular weight excluding hydrogens is 269 g/mol. The van der Waals surface area contributed by atoms with E-state index in [1.165, 1.54) is 12.1 Å². The summed E-state index contributed by atoms with van der Waals surface area (Å²) in [6.45, 7) is 0. The number of pyridine rings is 1. The smallest absolute Gasteiger partial charge is 0.257 e. The number of nitrogen functional groups attached to an aromatic ring is 1. The average Bonchev–Trinajstić information content (AvgIpc) is 2.49. The molecule has 0 radical (unpaired) electrons. The second-order valence-electron chi connectivity index (χ2n) is 4.57. The molecule has 104 valence electrons. The van der Waals surface area contributed by atoms with Crippen LogP contribution < -0.4 is 11.1 Å². The van der Waals surface area contributed by atoms with E-state index in [1.807, 2.05) is 12.1 Å². The normalized spacial score (nSPS) is 10.5. The number of benzene rings is 2. The molecule has 3 aromatic rings. The first-order chi connectivity index (χ1) is 10.1. The highest BCUT2D eigenvalue weighted by atomic mass is 19.1. The molecule has 0 bridgehead atoms. The van der Waals surface area contributed by atoms with Gasteiger partial charge in [0.05, 0.1) is 16.8 Å². The number of rotatable bonds is 2. The average molecular weight is 281 g/mol. The van der Waals surface area contributed by atoms with E-state index in [9.17, 15) is 9.18 Å². The van der Waals surface area contributed by atoms with Gasteiger partial charge in [0.15, 0.2) is 0 Å². The molecule has 0 spiro atoms. The van der Waals surface area contributed by atoms with Crippen LogP contribution in [0.1, 0.15) is 10.4 Å². The van der Waals surface area contributed by atoms with Gasteiger partial charge in [0.1, 0.15) is 5.82 Å². The SMILES string of the molecule is Nc1ccc(NC(=O)c2cccc3cccnc23)c(F)c1. The van der Waals surface area contributed by atoms with E-state index in [1.54, 1.807) is 24.4 Å². The summed E-state index contributed by atoms with van der Waals surface area (Å²) in [6.07, 6.45) is 1.61. The number of anilines is 2. The molecule has 3 rings (SSSR count). The number of para-hydroxylation sites is 1. The number of carbonyl (C=O) groups is 1. The second-order valence-corrected chi connectivity index (χ2v) is 4.57. The summed E-state index contributed by atoms with van der Waals surface area (Å²) < 4.78 is 13.7. The highest BCUT2D eigenvalue weighted by molar-refractivity contribution is 6.11. The van der Waals surface area contributed by atoms with Crippen molar-refractivity contribution in [3.63, 3.8) is 0 Å². The van der Waals surface area contributed by atoms with Crippen LogP contribution in [0.25, 0.3) is 10.9 Å². The number of hydrogen-bond acceptors (Lipinski definition) is 3. The Hall–Kier alpha value is -2.95. The molecule has 0 saturated carbocycles. The summed E-state index contributed by atoms with van der Waals surface area (Å²) in [5.41, 5.74) is 6.84. The lowest BCUT2D eigenvalue weighted by atomic mass is 10.1. The standard InChI is InChI=1S/C16H12FN3O/c17-13-9-11(18)6-7-14(13)20-16(21)12-5-1-3-10-4-2-8-19-15(10)12/h1-9H,18H2,(H,20,21). The summed E-state index contributed by atoms with van der Waals surface area (Å²) in [5.74, 6) is -0.987. The van der Waals surface area contributed by atoms with E-state index >= 15 is 0 Å². The summed E-state index contributed by atoms with van der Waals surface area (Å²) in [4.78, 5) is 16.5. The Morgan fingerprint density at radius 2 is 1.95 bits per heavy atom. The third-order valence-corrected chi connectivity index (χ3v) is 3.12. The van der Waals surface area contributed by atoms with Crippen molar-refractivity contribution >= 4 is 28.2 Å². The highest BCUT2D eigenvalue weighted by Crippen LogP contribution is 2.20. The van der Waals surface area contributed by atoms with Crippen LogP contribution in [0.3, 0.4) is 0 Å². The van der Waals surface area contributed by atoms with Gasteiger partial charge in [0.2, 0.25) is 0 Å². The minimum Gasteiger partial charge on any atom is -0.399 e. The van der Waals surface area contributed by atoms with Gasteiger partial charge in [-0.15, -0.1) is 0 Å². The number of aromatic nitrogens is 1. The number of nitrogens with two attached hydrogens (primary N) is 1. The molecule has 0 unspecified atom stereocenters. The van der Waals surface area contributed by atoms with Crippen LogP contribution in [-0.2, 0) is 0 Å². The van der Waals surface area contributed by atoms with Crippen LogP contribution in [0.4, 0.5) is 15.8 Å². The molecule has 3 N–H and O–H groups in total. The maximum absolute atomic E-state index is 13.7. The Labute approximate surface area is 120 Å². The van der Waals surface area contributed by atoms with Crippen molar-refractivity contribution in [2.45, 2.75) is 0 Å². The van der Waals surface area contributed by atoms with E-state index in [4.69, 9.17) is 5.73 Å². The number of halogens is 1. The summed E-state index contributed by atoms with van der Waals surface area (Å²) in [6, 6.07) is 13.1. The molecule has 1 heterocycles. The van der Waals surface area contributed by atoms with E-state index < -0.39 is 11.7 Å². The van der Waals surface area contributed by atoms with E-state index in [-0.39, 0.29) is 5.69 Å². The predicted octanol–water partition coefficient (Wildman–Crippen LogP) is 3.21. The fourth-order valence-electron chi connectivity index (χ4n) is 2.11. The van der Waals surface area contributed by atoms with Crippen molar-refractivity contribution in [3.05, 3.63) is 66.1 Å². The monoisotopic (exact) mass is 281 g/mol. The second kappa shape index (κ2) is 5.20. The number of carbonyl (C=O) groups excluding carboxylic acids is 1. The number of nitrogens with zero attached hydrogens (tertiary/aromatic N) is 1. The lowest BCUT2D eigenvalue weighted by Gasteiger charge is -2.08. The molecule has 1 aromatic heterocycles. The van der Waals surface area contributed by atoms with Crippen LogP contribution in [0.2, 0.25) is 0 Å². The first-order valence-electron chi connectivity index (χ1n) is 6.35. The Kier molecular flexibility index (Phi) is 3.23. The fourth-order valence-corrected chi connectivity index (χ4v) is 2.11. The van der Waals surface area contributed by atoms with Crippen LogP contribution in [0.15, 0.2) is 54.7 Å². The Bertz CT molecular complexity index is 827. The number of hydrogen-bond donors (Lipinski definition) is 2. The molecular formula is C16H12FN3O. The molecule has 0 atom stereocenters. The highest BCUT2D eigenvalue weighted by Gasteiger charge is 2.13. The maximum atomic E-state index is 13.7. The molecule has 2 aromatic carbocycles. The van der Waals surface area contributed by atoms with Crippen LogP contribution in [0.5, 0.6) is 0 Å². The van der Waals surface area contributed by atoms with Gasteiger partial charge >= 0.3 is 0 Å². The minimum absolute atomic E-state index is 0.0853. The zero-order chi connectivity index (χ0) is 14.8. The minimum atomic E-state index is -0.573. The third kappa shape index (κ3) is 2.53. The van der Waals surface area contributed by atoms with Gasteiger partial charge in [-0.1, -0.05) is 18.2 Å². The van der Waals surface area contributed by atoms with Crippen molar-refractivity contribution < 1.29 is 9.18 Å². The van der Waals surface area contributed by atoms with Gasteiger partial charge in [-0.25, -0.2) is 4.39 Å². The zero-order valence-electron chi connectivity index (χ0n) is 11.0. The van der Waals surface area contributed by atoms with Crippen molar-refractivity contribution in [2.75, 3.05) is 11.1 Å². The number of nitrogens with one attached hydrogen (secondary N) is 1. The van der Waals surface area contributed by atoms with Gasteiger partial charge in [-0.3, -0.25) is 9.78 Å². The van der Waals surface area contributed by atoms with Crippen molar-refractivity contribution in [2.24, 2.45) is 0 Å². The van der Waals surface area contributed by atoms with Crippen LogP contribution >= 0.6 is 0 Å². The molecule has 0 fully saturated rings. The van der Waals surface area contributed by atoms with Crippen molar-refractivity contribution in [3.8, 4) is 0 Å². The topological polar surface area (TPSA) is 68.0 Å². The van der Waals surface area contributed by atoms with Gasteiger partial charge in [0.25, 0.3) is 5.91 Å². The summed E-state index contributed by atoms with van der Waals surface area (Å²) in [5, 5.41) is 3.39. The molecule has 0 aliphatic rings. The largest absolute Gasteiger partial charge is 0.399 e. The lowest BCUT2D eigenvalue weighted by Crippen LogP contribution is -2.14.